The van der Waals surface area contributed by atoms with E-state index in [1.807, 2.05) is 49.5 Å². The number of benzene rings is 3. The van der Waals surface area contributed by atoms with E-state index >= 15 is 0 Å². The topological polar surface area (TPSA) is 82.6 Å². The summed E-state index contributed by atoms with van der Waals surface area (Å²) in [6.45, 7) is 0. The fourth-order valence-corrected chi connectivity index (χ4v) is 7.24. The minimum absolute atomic E-state index is 0.0825. The van der Waals surface area contributed by atoms with Crippen LogP contribution in [0.4, 0.5) is 16.2 Å². The predicted octanol–water partition coefficient (Wildman–Crippen LogP) is 6.47. The Morgan fingerprint density at radius 3 is 2.66 bits per heavy atom. The van der Waals surface area contributed by atoms with Crippen LogP contribution in [-0.2, 0) is 16.0 Å². The van der Waals surface area contributed by atoms with E-state index in [0.717, 1.165) is 45.1 Å². The third-order valence-electron chi connectivity index (χ3n) is 8.98. The maximum Gasteiger partial charge on any atom is 0.329 e. The Hall–Kier alpha value is -4.23. The maximum atomic E-state index is 13.8. The number of halogens is 1. The van der Waals surface area contributed by atoms with Crippen molar-refractivity contribution in [1.82, 2.24) is 10.3 Å². The standard InChI is InChI=1S/C33H29ClN4O3/c1-37-28-13-10-19(15-20(28)11-14-30(37)39)24-7-4-8-26(34)31(24)21-9-12-25-27(16-21)36-33(41)38(32(25)40)29-18-35-17-22-5-2-3-6-23(22)29/h2-8,10,13,15,17-18,21,25,27H,9,11-12,14,16H2,1H3,(H,36,41). The number of amides is 4. The normalized spacial score (nSPS) is 22.4. The summed E-state index contributed by atoms with van der Waals surface area (Å²) in [6, 6.07) is 19.1. The average Bonchev–Trinajstić information content (AvgIpc) is 2.98. The predicted molar refractivity (Wildman–Crippen MR) is 160 cm³/mol. The number of aryl methyl sites for hydroxylation is 1. The molecular weight excluding hydrogens is 536 g/mol. The number of carbonyl (C=O) groups is 3. The first-order chi connectivity index (χ1) is 19.9. The van der Waals surface area contributed by atoms with Gasteiger partial charge in [0.05, 0.1) is 17.8 Å². The van der Waals surface area contributed by atoms with Gasteiger partial charge >= 0.3 is 6.03 Å². The molecule has 1 saturated carbocycles. The first kappa shape index (κ1) is 25.7. The van der Waals surface area contributed by atoms with Crippen LogP contribution in [0.25, 0.3) is 21.9 Å². The molecule has 0 spiro atoms. The third kappa shape index (κ3) is 4.27. The van der Waals surface area contributed by atoms with Crippen LogP contribution >= 0.6 is 11.6 Å². The molecule has 3 unspecified atom stereocenters. The lowest BCUT2D eigenvalue weighted by Crippen LogP contribution is -2.61. The monoisotopic (exact) mass is 564 g/mol. The molecule has 3 aliphatic rings. The summed E-state index contributed by atoms with van der Waals surface area (Å²) in [5.41, 5.74) is 5.77. The van der Waals surface area contributed by atoms with Gasteiger partial charge in [0.1, 0.15) is 0 Å². The lowest BCUT2D eigenvalue weighted by atomic mass is 9.72. The van der Waals surface area contributed by atoms with Gasteiger partial charge in [-0.15, -0.1) is 0 Å². The van der Waals surface area contributed by atoms with Crippen LogP contribution in [0.1, 0.15) is 42.7 Å². The van der Waals surface area contributed by atoms with E-state index in [-0.39, 0.29) is 29.7 Å². The van der Waals surface area contributed by atoms with Crippen molar-refractivity contribution in [2.45, 2.75) is 44.1 Å². The number of rotatable bonds is 3. The van der Waals surface area contributed by atoms with Gasteiger partial charge in [0.2, 0.25) is 11.8 Å². The first-order valence-electron chi connectivity index (χ1n) is 14.1. The van der Waals surface area contributed by atoms with E-state index in [0.29, 0.717) is 36.4 Å². The zero-order valence-electron chi connectivity index (χ0n) is 22.6. The summed E-state index contributed by atoms with van der Waals surface area (Å²) in [5, 5.41) is 5.53. The van der Waals surface area contributed by atoms with Crippen molar-refractivity contribution >= 4 is 51.6 Å². The van der Waals surface area contributed by atoms with E-state index in [2.05, 4.69) is 28.5 Å². The van der Waals surface area contributed by atoms with Gasteiger partial charge < -0.3 is 10.2 Å². The van der Waals surface area contributed by atoms with Crippen molar-refractivity contribution < 1.29 is 14.4 Å². The van der Waals surface area contributed by atoms with Gasteiger partial charge in [-0.2, -0.15) is 0 Å². The second kappa shape index (κ2) is 10.00. The van der Waals surface area contributed by atoms with Crippen LogP contribution in [-0.4, -0.2) is 35.9 Å². The summed E-state index contributed by atoms with van der Waals surface area (Å²) in [7, 11) is 1.82. The molecule has 2 fully saturated rings. The zero-order chi connectivity index (χ0) is 28.2. The number of hydrogen-bond donors (Lipinski definition) is 1. The van der Waals surface area contributed by atoms with Gasteiger partial charge in [0.25, 0.3) is 0 Å². The first-order valence-corrected chi connectivity index (χ1v) is 14.4. The molecule has 4 aromatic rings. The van der Waals surface area contributed by atoms with E-state index in [9.17, 15) is 14.4 Å². The third-order valence-corrected chi connectivity index (χ3v) is 9.31. The van der Waals surface area contributed by atoms with Crippen molar-refractivity contribution in [3.8, 4) is 11.1 Å². The van der Waals surface area contributed by atoms with E-state index in [1.54, 1.807) is 17.3 Å². The molecule has 41 heavy (non-hydrogen) atoms. The summed E-state index contributed by atoms with van der Waals surface area (Å²) < 4.78 is 0. The van der Waals surface area contributed by atoms with Gasteiger partial charge in [-0.05, 0) is 72.1 Å². The van der Waals surface area contributed by atoms with Crippen molar-refractivity contribution in [1.29, 1.82) is 0 Å². The van der Waals surface area contributed by atoms with E-state index in [4.69, 9.17) is 11.6 Å². The Kier molecular flexibility index (Phi) is 6.27. The molecule has 3 atom stereocenters. The summed E-state index contributed by atoms with van der Waals surface area (Å²) in [5.74, 6) is -0.280. The Morgan fingerprint density at radius 1 is 0.927 bits per heavy atom. The molecule has 7 rings (SSSR count). The molecular formula is C33H29ClN4O3. The number of nitrogens with zero attached hydrogens (tertiary/aromatic N) is 3. The van der Waals surface area contributed by atoms with Crippen LogP contribution in [0, 0.1) is 5.92 Å². The zero-order valence-corrected chi connectivity index (χ0v) is 23.4. The maximum absolute atomic E-state index is 13.8. The molecule has 2 aliphatic heterocycles. The molecule has 1 N–H and O–H groups in total. The van der Waals surface area contributed by atoms with E-state index < -0.39 is 6.03 Å². The number of carbonyl (C=O) groups excluding carboxylic acids is 3. The van der Waals surface area contributed by atoms with Crippen LogP contribution in [0.2, 0.25) is 5.02 Å². The number of urea groups is 1. The Labute approximate surface area is 243 Å². The summed E-state index contributed by atoms with van der Waals surface area (Å²) >= 11 is 6.87. The molecule has 7 nitrogen and oxygen atoms in total. The minimum atomic E-state index is -0.414. The smallest absolute Gasteiger partial charge is 0.329 e. The average molecular weight is 565 g/mol. The molecule has 0 radical (unpaired) electrons. The molecule has 1 saturated heterocycles. The number of fused-ring (bicyclic) bond motifs is 3. The second-order valence-corrected chi connectivity index (χ2v) is 11.6. The highest BCUT2D eigenvalue weighted by Crippen LogP contribution is 2.46. The fraction of sp³-hybridized carbons (Fsp3) is 0.273. The van der Waals surface area contributed by atoms with Gasteiger partial charge in [-0.1, -0.05) is 54.1 Å². The molecule has 1 aromatic heterocycles. The second-order valence-electron chi connectivity index (χ2n) is 11.2. The van der Waals surface area contributed by atoms with Crippen LogP contribution in [0.3, 0.4) is 0 Å². The molecule has 0 bridgehead atoms. The van der Waals surface area contributed by atoms with Gasteiger partial charge in [-0.3, -0.25) is 14.6 Å². The SMILES string of the molecule is CN1C(=O)CCc2cc(-c3cccc(Cl)c3C3CCC4C(=O)N(c5cncc6ccccc56)C(=O)NC4C3)ccc21. The number of anilines is 2. The number of nitrogens with one attached hydrogen (secondary N) is 1. The highest BCUT2D eigenvalue weighted by atomic mass is 35.5. The molecule has 206 valence electrons. The Morgan fingerprint density at radius 2 is 1.78 bits per heavy atom. The number of pyridine rings is 1. The number of hydrogen-bond acceptors (Lipinski definition) is 4. The van der Waals surface area contributed by atoms with Crippen molar-refractivity contribution in [2.24, 2.45) is 5.92 Å². The molecule has 3 aromatic carbocycles. The van der Waals surface area contributed by atoms with Gasteiger partial charge in [0, 0.05) is 47.2 Å². The molecule has 8 heteroatoms. The van der Waals surface area contributed by atoms with E-state index in [1.165, 1.54) is 4.90 Å². The van der Waals surface area contributed by atoms with Crippen molar-refractivity contribution in [2.75, 3.05) is 16.8 Å². The molecule has 1 aliphatic carbocycles. The van der Waals surface area contributed by atoms with Gasteiger partial charge in [0.15, 0.2) is 0 Å². The number of aromatic nitrogens is 1. The minimum Gasteiger partial charge on any atom is -0.334 e. The molecule has 4 amide bonds. The summed E-state index contributed by atoms with van der Waals surface area (Å²) in [6.07, 6.45) is 6.60. The highest BCUT2D eigenvalue weighted by Gasteiger charge is 2.46. The van der Waals surface area contributed by atoms with Crippen LogP contribution in [0.5, 0.6) is 0 Å². The fourth-order valence-electron chi connectivity index (χ4n) is 6.91. The summed E-state index contributed by atoms with van der Waals surface area (Å²) in [4.78, 5) is 46.7. The Balaban J connectivity index is 1.18. The lowest BCUT2D eigenvalue weighted by Gasteiger charge is -2.43. The molecule has 3 heterocycles. The lowest BCUT2D eigenvalue weighted by molar-refractivity contribution is -0.124. The van der Waals surface area contributed by atoms with Gasteiger partial charge in [-0.25, -0.2) is 9.69 Å². The number of imide groups is 1. The Bertz CT molecular complexity index is 1730. The highest BCUT2D eigenvalue weighted by molar-refractivity contribution is 6.32. The van der Waals surface area contributed by atoms with Crippen molar-refractivity contribution in [3.63, 3.8) is 0 Å². The largest absolute Gasteiger partial charge is 0.334 e. The van der Waals surface area contributed by atoms with Crippen LogP contribution in [0.15, 0.2) is 73.1 Å². The van der Waals surface area contributed by atoms with Crippen LogP contribution < -0.4 is 15.1 Å². The van der Waals surface area contributed by atoms with Crippen molar-refractivity contribution in [3.05, 3.63) is 89.2 Å². The quantitative estimate of drug-likeness (QED) is 0.309.